The van der Waals surface area contributed by atoms with Crippen molar-refractivity contribution in [3.05, 3.63) is 81.4 Å². The summed E-state index contributed by atoms with van der Waals surface area (Å²) in [5.74, 6) is 0.0195. The highest BCUT2D eigenvalue weighted by molar-refractivity contribution is 7.21. The van der Waals surface area contributed by atoms with Gasteiger partial charge in [0.2, 0.25) is 5.78 Å². The van der Waals surface area contributed by atoms with E-state index in [-0.39, 0.29) is 5.78 Å². The van der Waals surface area contributed by atoms with Crippen LogP contribution in [0.5, 0.6) is 0 Å². The fourth-order valence-electron chi connectivity index (χ4n) is 4.66. The maximum absolute atomic E-state index is 13.3. The van der Waals surface area contributed by atoms with Gasteiger partial charge in [-0.1, -0.05) is 47.7 Å². The van der Waals surface area contributed by atoms with E-state index in [0.717, 1.165) is 35.0 Å². The number of ketones is 1. The number of aromatic nitrogens is 1. The average molecular weight is 383 g/mol. The molecule has 2 aromatic heterocycles. The third kappa shape index (κ3) is 2.21. The summed E-state index contributed by atoms with van der Waals surface area (Å²) in [7, 11) is 0. The van der Waals surface area contributed by atoms with E-state index in [1.54, 1.807) is 0 Å². The van der Waals surface area contributed by atoms with Crippen LogP contribution in [0.4, 0.5) is 5.69 Å². The Morgan fingerprint density at radius 3 is 2.75 bits per heavy atom. The summed E-state index contributed by atoms with van der Waals surface area (Å²) in [6.07, 6.45) is 4.24. The number of nitrogen functional groups attached to an aromatic ring is 1. The summed E-state index contributed by atoms with van der Waals surface area (Å²) in [6.45, 7) is 0. The van der Waals surface area contributed by atoms with Gasteiger partial charge in [0.15, 0.2) is 5.69 Å². The zero-order chi connectivity index (χ0) is 18.8. The van der Waals surface area contributed by atoms with E-state index in [9.17, 15) is 4.79 Å². The molecule has 0 spiro atoms. The van der Waals surface area contributed by atoms with Gasteiger partial charge in [0, 0.05) is 17.5 Å². The Hall–Kier alpha value is -2.98. The number of thiophene rings is 1. The zero-order valence-corrected chi connectivity index (χ0v) is 16.2. The minimum atomic E-state index is 0.0195. The number of carbonyl (C=O) groups excluding carboxylic acids is 1. The predicted molar refractivity (Wildman–Crippen MR) is 113 cm³/mol. The van der Waals surface area contributed by atoms with Gasteiger partial charge in [-0.2, -0.15) is 4.98 Å². The number of anilines is 1. The van der Waals surface area contributed by atoms with E-state index in [1.165, 1.54) is 51.3 Å². The average Bonchev–Trinajstić information content (AvgIpc) is 3.40. The first-order valence-corrected chi connectivity index (χ1v) is 10.5. The second-order valence-corrected chi connectivity index (χ2v) is 8.77. The van der Waals surface area contributed by atoms with Crippen molar-refractivity contribution in [1.29, 1.82) is 0 Å². The normalized spacial score (nSPS) is 14.1. The van der Waals surface area contributed by atoms with E-state index in [0.29, 0.717) is 10.6 Å². The van der Waals surface area contributed by atoms with Crippen LogP contribution in [0.15, 0.2) is 48.5 Å². The largest absolute Gasteiger partial charge is 0.397 e. The molecule has 3 nitrogen and oxygen atoms in total. The Balaban J connectivity index is 1.42. The minimum absolute atomic E-state index is 0.0195. The van der Waals surface area contributed by atoms with Gasteiger partial charge in [-0.15, -0.1) is 0 Å². The van der Waals surface area contributed by atoms with Gasteiger partial charge in [0.25, 0.3) is 4.83 Å². The molecule has 0 fully saturated rings. The molecule has 2 aliphatic rings. The summed E-state index contributed by atoms with van der Waals surface area (Å²) >= 11 is 1.48. The molecule has 0 saturated heterocycles. The third-order valence-electron chi connectivity index (χ3n) is 6.09. The molecule has 6 rings (SSSR count). The molecule has 4 heteroatoms. The molecule has 2 heterocycles. The highest BCUT2D eigenvalue weighted by Crippen LogP contribution is 2.39. The molecule has 0 aliphatic heterocycles. The monoisotopic (exact) mass is 383 g/mol. The molecule has 0 amide bonds. The van der Waals surface area contributed by atoms with Crippen molar-refractivity contribution in [2.75, 3.05) is 5.73 Å². The Morgan fingerprint density at radius 2 is 1.82 bits per heavy atom. The molecule has 0 saturated carbocycles. The molecule has 2 aromatic carbocycles. The van der Waals surface area contributed by atoms with Crippen LogP contribution in [0.2, 0.25) is 0 Å². The Bertz CT molecular complexity index is 1300. The van der Waals surface area contributed by atoms with Gasteiger partial charge in [-0.25, -0.2) is 0 Å². The summed E-state index contributed by atoms with van der Waals surface area (Å²) in [4.78, 5) is 18.4. The van der Waals surface area contributed by atoms with Crippen molar-refractivity contribution in [3.63, 3.8) is 0 Å². The van der Waals surface area contributed by atoms with Crippen LogP contribution in [0.1, 0.15) is 44.0 Å². The van der Waals surface area contributed by atoms with E-state index in [2.05, 4.69) is 41.4 Å². The van der Waals surface area contributed by atoms with Gasteiger partial charge in [0.05, 0.1) is 11.1 Å². The lowest BCUT2D eigenvalue weighted by atomic mass is 10.0. The first-order valence-electron chi connectivity index (χ1n) is 9.71. The van der Waals surface area contributed by atoms with Crippen molar-refractivity contribution in [3.8, 4) is 11.1 Å². The summed E-state index contributed by atoms with van der Waals surface area (Å²) in [5.41, 5.74) is 15.4. The van der Waals surface area contributed by atoms with E-state index < -0.39 is 0 Å². The molecule has 136 valence electrons. The molecule has 28 heavy (non-hydrogen) atoms. The number of pyridine rings is 1. The number of nitrogens with two attached hydrogens (primary N) is 1. The number of fused-ring (bicyclic) bond motifs is 5. The number of hydrogen-bond donors (Lipinski definition) is 1. The number of benzene rings is 2. The van der Waals surface area contributed by atoms with E-state index in [4.69, 9.17) is 5.73 Å². The molecule has 0 unspecified atom stereocenters. The standard InChI is InChI=1S/C24H18N2OS/c25-21-19-12-14-5-3-7-20(14)26-24(19)28-23(21)22(27)15-8-9-18-16(11-15)10-13-4-1-2-6-17(13)18/h1-2,4,6,8-9,11-12H,3,5,7,10,25H2/p+1. The maximum atomic E-state index is 13.3. The van der Waals surface area contributed by atoms with Crippen LogP contribution in [0.3, 0.4) is 0 Å². The van der Waals surface area contributed by atoms with Crippen molar-refractivity contribution in [2.45, 2.75) is 25.7 Å². The smallest absolute Gasteiger partial charge is 0.270 e. The maximum Gasteiger partial charge on any atom is 0.270 e. The lowest BCUT2D eigenvalue weighted by molar-refractivity contribution is -0.354. The first kappa shape index (κ1) is 16.0. The topological polar surface area (TPSA) is 57.2 Å². The Kier molecular flexibility index (Phi) is 3.29. The number of aryl methyl sites for hydroxylation is 2. The molecule has 0 atom stereocenters. The van der Waals surface area contributed by atoms with Crippen LogP contribution >= 0.6 is 11.3 Å². The first-order chi connectivity index (χ1) is 13.7. The van der Waals surface area contributed by atoms with Gasteiger partial charge in [-0.3, -0.25) is 4.79 Å². The van der Waals surface area contributed by atoms with Gasteiger partial charge >= 0.3 is 0 Å². The predicted octanol–water partition coefficient (Wildman–Crippen LogP) is 4.59. The second-order valence-electron chi connectivity index (χ2n) is 7.75. The zero-order valence-electron chi connectivity index (χ0n) is 15.3. The third-order valence-corrected chi connectivity index (χ3v) is 7.22. The summed E-state index contributed by atoms with van der Waals surface area (Å²) in [5, 5.41) is 0.988. The molecule has 2 aliphatic carbocycles. The highest BCUT2D eigenvalue weighted by atomic mass is 32.1. The van der Waals surface area contributed by atoms with Gasteiger partial charge < -0.3 is 5.73 Å². The van der Waals surface area contributed by atoms with E-state index in [1.807, 2.05) is 12.1 Å². The van der Waals surface area contributed by atoms with E-state index >= 15 is 0 Å². The second kappa shape index (κ2) is 5.76. The number of carbonyl (C=O) groups is 1. The van der Waals surface area contributed by atoms with Crippen LogP contribution in [0, 0.1) is 0 Å². The molecule has 0 radical (unpaired) electrons. The number of aromatic amines is 1. The quantitative estimate of drug-likeness (QED) is 0.453. The number of rotatable bonds is 2. The van der Waals surface area contributed by atoms with Crippen molar-refractivity contribution in [2.24, 2.45) is 0 Å². The van der Waals surface area contributed by atoms with Crippen LogP contribution < -0.4 is 10.7 Å². The van der Waals surface area contributed by atoms with Crippen molar-refractivity contribution >= 4 is 33.0 Å². The molecular formula is C24H19N2OS+. The Labute approximate surface area is 166 Å². The minimum Gasteiger partial charge on any atom is -0.397 e. The van der Waals surface area contributed by atoms with Crippen LogP contribution in [0.25, 0.3) is 21.3 Å². The number of hydrogen-bond acceptors (Lipinski definition) is 3. The van der Waals surface area contributed by atoms with Crippen molar-refractivity contribution in [1.82, 2.24) is 0 Å². The van der Waals surface area contributed by atoms with Crippen molar-refractivity contribution < 1.29 is 9.78 Å². The SMILES string of the molecule is Nc1c(C(=O)c2ccc3c(c2)Cc2ccccc2-3)sc2[nH+]c3c(cc12)CCC3. The molecule has 0 bridgehead atoms. The summed E-state index contributed by atoms with van der Waals surface area (Å²) < 4.78 is 0. The lowest BCUT2D eigenvalue weighted by Gasteiger charge is -2.04. The lowest BCUT2D eigenvalue weighted by Crippen LogP contribution is -2.09. The highest BCUT2D eigenvalue weighted by Gasteiger charge is 2.26. The molecule has 4 aromatic rings. The van der Waals surface area contributed by atoms with Crippen LogP contribution in [-0.2, 0) is 19.3 Å². The molecular weight excluding hydrogens is 364 g/mol. The Morgan fingerprint density at radius 1 is 0.964 bits per heavy atom. The van der Waals surface area contributed by atoms with Gasteiger partial charge in [-0.05, 0) is 53.6 Å². The molecule has 3 N–H and O–H groups in total. The number of H-pyrrole nitrogens is 1. The fourth-order valence-corrected chi connectivity index (χ4v) is 5.75. The summed E-state index contributed by atoms with van der Waals surface area (Å²) in [6, 6.07) is 16.7. The van der Waals surface area contributed by atoms with Crippen LogP contribution in [-0.4, -0.2) is 5.78 Å². The fraction of sp³-hybridized carbons (Fsp3) is 0.167. The van der Waals surface area contributed by atoms with Gasteiger partial charge in [0.1, 0.15) is 4.88 Å². The number of nitrogens with one attached hydrogen (secondary N) is 1.